The molecule has 0 aromatic rings. The Morgan fingerprint density at radius 1 is 0.812 bits per heavy atom. The SMILES string of the molecule is CC(C)C(C)SCCCCCCCCCBr. The first kappa shape index (κ1) is 16.8. The second-order valence-corrected chi connectivity index (χ2v) is 7.26. The topological polar surface area (TPSA) is 0 Å². The van der Waals surface area contributed by atoms with E-state index in [4.69, 9.17) is 0 Å². The van der Waals surface area contributed by atoms with Crippen LogP contribution in [-0.2, 0) is 0 Å². The first-order chi connectivity index (χ1) is 7.68. The van der Waals surface area contributed by atoms with Gasteiger partial charge in [-0.15, -0.1) is 0 Å². The lowest BCUT2D eigenvalue weighted by molar-refractivity contribution is 0.604. The van der Waals surface area contributed by atoms with E-state index in [0.717, 1.165) is 11.2 Å². The summed E-state index contributed by atoms with van der Waals surface area (Å²) in [6.45, 7) is 7.00. The molecule has 0 saturated carbocycles. The molecule has 0 fully saturated rings. The molecule has 0 aliphatic carbocycles. The van der Waals surface area contributed by atoms with Gasteiger partial charge in [0, 0.05) is 10.6 Å². The molecule has 0 nitrogen and oxygen atoms in total. The van der Waals surface area contributed by atoms with Crippen molar-refractivity contribution in [2.45, 2.75) is 71.0 Å². The summed E-state index contributed by atoms with van der Waals surface area (Å²) in [5, 5.41) is 2.01. The molecule has 98 valence electrons. The Morgan fingerprint density at radius 2 is 1.31 bits per heavy atom. The van der Waals surface area contributed by atoms with E-state index in [0.29, 0.717) is 0 Å². The molecule has 0 bridgehead atoms. The van der Waals surface area contributed by atoms with Gasteiger partial charge in [0.15, 0.2) is 0 Å². The van der Waals surface area contributed by atoms with Crippen LogP contribution in [0.25, 0.3) is 0 Å². The molecule has 0 aliphatic rings. The van der Waals surface area contributed by atoms with E-state index in [1.807, 2.05) is 0 Å². The van der Waals surface area contributed by atoms with E-state index in [2.05, 4.69) is 48.5 Å². The summed E-state index contributed by atoms with van der Waals surface area (Å²) in [4.78, 5) is 0. The Balaban J connectivity index is 3.04. The second kappa shape index (κ2) is 12.3. The fourth-order valence-corrected chi connectivity index (χ4v) is 3.07. The lowest BCUT2D eigenvalue weighted by atomic mass is 10.1. The van der Waals surface area contributed by atoms with Crippen LogP contribution in [0, 0.1) is 5.92 Å². The maximum absolute atomic E-state index is 3.48. The van der Waals surface area contributed by atoms with Gasteiger partial charge in [0.1, 0.15) is 0 Å². The van der Waals surface area contributed by atoms with Crippen LogP contribution in [0.3, 0.4) is 0 Å². The van der Waals surface area contributed by atoms with E-state index in [1.54, 1.807) is 0 Å². The van der Waals surface area contributed by atoms with Crippen molar-refractivity contribution in [3.63, 3.8) is 0 Å². The van der Waals surface area contributed by atoms with Crippen LogP contribution in [0.4, 0.5) is 0 Å². The molecule has 16 heavy (non-hydrogen) atoms. The molecule has 2 heteroatoms. The van der Waals surface area contributed by atoms with Crippen molar-refractivity contribution in [2.24, 2.45) is 5.92 Å². The highest BCUT2D eigenvalue weighted by Gasteiger charge is 2.06. The van der Waals surface area contributed by atoms with Gasteiger partial charge < -0.3 is 0 Å². The summed E-state index contributed by atoms with van der Waals surface area (Å²) in [5.41, 5.74) is 0. The predicted octanol–water partition coefficient (Wildman–Crippen LogP) is 5.89. The molecule has 1 unspecified atom stereocenters. The van der Waals surface area contributed by atoms with Crippen molar-refractivity contribution < 1.29 is 0 Å². The number of hydrogen-bond acceptors (Lipinski definition) is 1. The van der Waals surface area contributed by atoms with E-state index < -0.39 is 0 Å². The van der Waals surface area contributed by atoms with E-state index in [1.165, 1.54) is 56.0 Å². The summed E-state index contributed by atoms with van der Waals surface area (Å²) in [5.74, 6) is 2.19. The third kappa shape index (κ3) is 11.3. The van der Waals surface area contributed by atoms with E-state index >= 15 is 0 Å². The lowest BCUT2D eigenvalue weighted by Crippen LogP contribution is -2.06. The number of rotatable bonds is 11. The zero-order valence-electron chi connectivity index (χ0n) is 11.3. The Bertz CT molecular complexity index is 137. The van der Waals surface area contributed by atoms with Crippen molar-refractivity contribution >= 4 is 27.7 Å². The fourth-order valence-electron chi connectivity index (χ4n) is 1.54. The average Bonchev–Trinajstić information content (AvgIpc) is 2.26. The molecule has 0 heterocycles. The Kier molecular flexibility index (Phi) is 12.9. The average molecular weight is 309 g/mol. The second-order valence-electron chi connectivity index (χ2n) is 4.98. The summed E-state index contributed by atoms with van der Waals surface area (Å²) < 4.78 is 0. The highest BCUT2D eigenvalue weighted by atomic mass is 79.9. The Morgan fingerprint density at radius 3 is 1.81 bits per heavy atom. The standard InChI is InChI=1S/C14H29BrS/c1-13(2)14(3)16-12-10-8-6-4-5-7-9-11-15/h13-14H,4-12H2,1-3H3. The molecular formula is C14H29BrS. The molecule has 0 saturated heterocycles. The maximum Gasteiger partial charge on any atom is 0.00417 e. The highest BCUT2D eigenvalue weighted by molar-refractivity contribution is 9.09. The summed E-state index contributed by atoms with van der Waals surface area (Å²) >= 11 is 5.63. The number of unbranched alkanes of at least 4 members (excludes halogenated alkanes) is 6. The molecular weight excluding hydrogens is 280 g/mol. The van der Waals surface area contributed by atoms with Crippen molar-refractivity contribution in [1.29, 1.82) is 0 Å². The molecule has 0 N–H and O–H groups in total. The predicted molar refractivity (Wildman–Crippen MR) is 82.9 cm³/mol. The van der Waals surface area contributed by atoms with Crippen molar-refractivity contribution in [3.05, 3.63) is 0 Å². The molecule has 0 aliphatic heterocycles. The van der Waals surface area contributed by atoms with Gasteiger partial charge in [-0.2, -0.15) is 11.8 Å². The molecule has 0 rings (SSSR count). The quantitative estimate of drug-likeness (QED) is 0.339. The first-order valence-electron chi connectivity index (χ1n) is 6.86. The highest BCUT2D eigenvalue weighted by Crippen LogP contribution is 2.20. The third-order valence-corrected chi connectivity index (χ3v) is 5.25. The van der Waals surface area contributed by atoms with Crippen LogP contribution in [0.15, 0.2) is 0 Å². The first-order valence-corrected chi connectivity index (χ1v) is 9.03. The molecule has 1 atom stereocenters. The van der Waals surface area contributed by atoms with Gasteiger partial charge in [-0.25, -0.2) is 0 Å². The Labute approximate surface area is 115 Å². The van der Waals surface area contributed by atoms with E-state index in [-0.39, 0.29) is 0 Å². The van der Waals surface area contributed by atoms with Crippen molar-refractivity contribution in [2.75, 3.05) is 11.1 Å². The van der Waals surface area contributed by atoms with Crippen molar-refractivity contribution in [3.8, 4) is 0 Å². The van der Waals surface area contributed by atoms with Crippen molar-refractivity contribution in [1.82, 2.24) is 0 Å². The van der Waals surface area contributed by atoms with Crippen LogP contribution < -0.4 is 0 Å². The van der Waals surface area contributed by atoms with Gasteiger partial charge in [0.25, 0.3) is 0 Å². The normalized spacial score (nSPS) is 13.3. The molecule has 0 amide bonds. The largest absolute Gasteiger partial charge is 0.159 e. The molecule has 0 spiro atoms. The summed E-state index contributed by atoms with van der Waals surface area (Å²) in [6.07, 6.45) is 9.93. The van der Waals surface area contributed by atoms with Crippen LogP contribution in [0.1, 0.15) is 65.7 Å². The molecule has 0 radical (unpaired) electrons. The zero-order chi connectivity index (χ0) is 12.2. The number of thioether (sulfide) groups is 1. The van der Waals surface area contributed by atoms with Gasteiger partial charge in [-0.1, -0.05) is 68.8 Å². The third-order valence-electron chi connectivity index (χ3n) is 3.10. The van der Waals surface area contributed by atoms with E-state index in [9.17, 15) is 0 Å². The summed E-state index contributed by atoms with van der Waals surface area (Å²) in [6, 6.07) is 0. The van der Waals surface area contributed by atoms with Gasteiger partial charge in [0.05, 0.1) is 0 Å². The minimum Gasteiger partial charge on any atom is -0.159 e. The van der Waals surface area contributed by atoms with Crippen LogP contribution >= 0.6 is 27.7 Å². The monoisotopic (exact) mass is 308 g/mol. The molecule has 0 aromatic heterocycles. The lowest BCUT2D eigenvalue weighted by Gasteiger charge is -2.14. The molecule has 0 aromatic carbocycles. The fraction of sp³-hybridized carbons (Fsp3) is 1.00. The number of halogens is 1. The van der Waals surface area contributed by atoms with Gasteiger partial charge in [0.2, 0.25) is 0 Å². The smallest absolute Gasteiger partial charge is 0.00417 e. The zero-order valence-corrected chi connectivity index (χ0v) is 13.7. The van der Waals surface area contributed by atoms with Gasteiger partial charge in [-0.05, 0) is 24.5 Å². The van der Waals surface area contributed by atoms with Crippen LogP contribution in [-0.4, -0.2) is 16.3 Å². The van der Waals surface area contributed by atoms with Gasteiger partial charge in [-0.3, -0.25) is 0 Å². The number of alkyl halides is 1. The van der Waals surface area contributed by atoms with Crippen LogP contribution in [0.5, 0.6) is 0 Å². The Hall–Kier alpha value is 0.830. The minimum absolute atomic E-state index is 0.828. The minimum atomic E-state index is 0.828. The maximum atomic E-state index is 3.48. The summed E-state index contributed by atoms with van der Waals surface area (Å²) in [7, 11) is 0. The van der Waals surface area contributed by atoms with Gasteiger partial charge >= 0.3 is 0 Å². The number of hydrogen-bond donors (Lipinski definition) is 0. The van der Waals surface area contributed by atoms with Crippen LogP contribution in [0.2, 0.25) is 0 Å².